The molecule has 0 amide bonds. The third kappa shape index (κ3) is 2.86. The molecule has 1 aromatic rings. The average Bonchev–Trinajstić information content (AvgIpc) is 2.37. The van der Waals surface area contributed by atoms with Crippen LogP contribution in [0.1, 0.15) is 33.1 Å². The van der Waals surface area contributed by atoms with Crippen molar-refractivity contribution in [3.63, 3.8) is 0 Å². The molecule has 2 atom stereocenters. The predicted molar refractivity (Wildman–Crippen MR) is 79.3 cm³/mol. The van der Waals surface area contributed by atoms with E-state index >= 15 is 0 Å². The van der Waals surface area contributed by atoms with Crippen LogP contribution in [0.15, 0.2) is 23.1 Å². The molecule has 2 unspecified atom stereocenters. The van der Waals surface area contributed by atoms with E-state index in [0.717, 1.165) is 25.3 Å². The van der Waals surface area contributed by atoms with Gasteiger partial charge in [0, 0.05) is 23.8 Å². The maximum Gasteiger partial charge on any atom is 0.291 e. The SMILES string of the molecule is CC1CCCC(C)N1S(=O)(=O)c1ccc(N)cc1[N+](=O)[O-]. The first-order valence-corrected chi connectivity index (χ1v) is 8.26. The molecule has 7 nitrogen and oxygen atoms in total. The van der Waals surface area contributed by atoms with E-state index < -0.39 is 20.6 Å². The summed E-state index contributed by atoms with van der Waals surface area (Å²) >= 11 is 0. The number of sulfonamides is 1. The summed E-state index contributed by atoms with van der Waals surface area (Å²) in [5.41, 5.74) is 5.22. The smallest absolute Gasteiger partial charge is 0.291 e. The van der Waals surface area contributed by atoms with Gasteiger partial charge in [-0.1, -0.05) is 6.42 Å². The number of hydrogen-bond acceptors (Lipinski definition) is 5. The molecule has 0 aromatic heterocycles. The fraction of sp³-hybridized carbons (Fsp3) is 0.538. The number of rotatable bonds is 3. The third-order valence-corrected chi connectivity index (χ3v) is 6.02. The lowest BCUT2D eigenvalue weighted by atomic mass is 10.0. The Hall–Kier alpha value is -1.67. The Labute approximate surface area is 123 Å². The second kappa shape index (κ2) is 5.61. The Kier molecular flexibility index (Phi) is 4.20. The zero-order valence-corrected chi connectivity index (χ0v) is 12.8. The monoisotopic (exact) mass is 313 g/mol. The number of nitrogen functional groups attached to an aromatic ring is 1. The lowest BCUT2D eigenvalue weighted by Gasteiger charge is -2.37. The van der Waals surface area contributed by atoms with Crippen molar-refractivity contribution in [2.45, 2.75) is 50.1 Å². The van der Waals surface area contributed by atoms with Crippen LogP contribution in [0.25, 0.3) is 0 Å². The van der Waals surface area contributed by atoms with E-state index in [4.69, 9.17) is 5.73 Å². The molecule has 8 heteroatoms. The molecule has 0 saturated carbocycles. The quantitative estimate of drug-likeness (QED) is 0.522. The molecule has 0 bridgehead atoms. The number of hydrogen-bond donors (Lipinski definition) is 1. The number of nitro benzene ring substituents is 1. The molecule has 1 aliphatic heterocycles. The Morgan fingerprint density at radius 1 is 1.29 bits per heavy atom. The summed E-state index contributed by atoms with van der Waals surface area (Å²) in [6.07, 6.45) is 2.47. The van der Waals surface area contributed by atoms with Crippen molar-refractivity contribution in [2.24, 2.45) is 0 Å². The zero-order chi connectivity index (χ0) is 15.8. The highest BCUT2D eigenvalue weighted by Crippen LogP contribution is 2.34. The molecule has 2 rings (SSSR count). The van der Waals surface area contributed by atoms with Gasteiger partial charge in [-0.2, -0.15) is 4.31 Å². The van der Waals surface area contributed by atoms with Crippen LogP contribution in [0.5, 0.6) is 0 Å². The van der Waals surface area contributed by atoms with Gasteiger partial charge in [0.25, 0.3) is 5.69 Å². The molecule has 2 N–H and O–H groups in total. The van der Waals surface area contributed by atoms with Gasteiger partial charge in [-0.3, -0.25) is 10.1 Å². The maximum atomic E-state index is 12.8. The van der Waals surface area contributed by atoms with E-state index in [1.807, 2.05) is 13.8 Å². The minimum atomic E-state index is -3.92. The first-order valence-electron chi connectivity index (χ1n) is 6.82. The van der Waals surface area contributed by atoms with Crippen molar-refractivity contribution in [2.75, 3.05) is 5.73 Å². The molecule has 1 fully saturated rings. The minimum Gasteiger partial charge on any atom is -0.399 e. The fourth-order valence-corrected chi connectivity index (χ4v) is 4.90. The summed E-state index contributed by atoms with van der Waals surface area (Å²) in [4.78, 5) is 10.1. The number of benzene rings is 1. The summed E-state index contributed by atoms with van der Waals surface area (Å²) < 4.78 is 27.0. The lowest BCUT2D eigenvalue weighted by molar-refractivity contribution is -0.387. The molecule has 1 aliphatic rings. The lowest BCUT2D eigenvalue weighted by Crippen LogP contribution is -2.47. The first kappa shape index (κ1) is 15.7. The highest BCUT2D eigenvalue weighted by molar-refractivity contribution is 7.89. The van der Waals surface area contributed by atoms with E-state index in [9.17, 15) is 18.5 Å². The zero-order valence-electron chi connectivity index (χ0n) is 12.0. The van der Waals surface area contributed by atoms with Crippen LogP contribution >= 0.6 is 0 Å². The van der Waals surface area contributed by atoms with Gasteiger partial charge in [0.1, 0.15) is 0 Å². The molecular formula is C13H19N3O4S. The number of anilines is 1. The van der Waals surface area contributed by atoms with Crippen LogP contribution in [0.2, 0.25) is 0 Å². The average molecular weight is 313 g/mol. The molecular weight excluding hydrogens is 294 g/mol. The Morgan fingerprint density at radius 3 is 2.38 bits per heavy atom. The second-order valence-corrected chi connectivity index (χ2v) is 7.26. The molecule has 0 spiro atoms. The van der Waals surface area contributed by atoms with Gasteiger partial charge in [-0.25, -0.2) is 8.42 Å². The molecule has 1 aromatic carbocycles. The molecule has 1 heterocycles. The van der Waals surface area contributed by atoms with Crippen molar-refractivity contribution < 1.29 is 13.3 Å². The molecule has 21 heavy (non-hydrogen) atoms. The van der Waals surface area contributed by atoms with Gasteiger partial charge >= 0.3 is 0 Å². The van der Waals surface area contributed by atoms with Gasteiger partial charge < -0.3 is 5.73 Å². The first-order chi connectivity index (χ1) is 9.75. The number of nitrogens with zero attached hydrogens (tertiary/aromatic N) is 2. The van der Waals surface area contributed by atoms with Gasteiger partial charge in [0.05, 0.1) is 4.92 Å². The largest absolute Gasteiger partial charge is 0.399 e. The van der Waals surface area contributed by atoms with E-state index in [0.29, 0.717) is 0 Å². The van der Waals surface area contributed by atoms with Crippen molar-refractivity contribution in [3.8, 4) is 0 Å². The Balaban J connectivity index is 2.56. The standard InChI is InChI=1S/C13H19N3O4S/c1-9-4-3-5-10(2)15(9)21(19,20)13-7-6-11(14)8-12(13)16(17)18/h6-10H,3-5,14H2,1-2H3. The Bertz CT molecular complexity index is 649. The minimum absolute atomic E-state index is 0.167. The Morgan fingerprint density at radius 2 is 1.86 bits per heavy atom. The number of piperidine rings is 1. The van der Waals surface area contributed by atoms with Crippen LogP contribution < -0.4 is 5.73 Å². The van der Waals surface area contributed by atoms with E-state index in [-0.39, 0.29) is 22.7 Å². The molecule has 0 radical (unpaired) electrons. The highest BCUT2D eigenvalue weighted by Gasteiger charge is 2.39. The van der Waals surface area contributed by atoms with Crippen molar-refractivity contribution in [1.29, 1.82) is 0 Å². The summed E-state index contributed by atoms with van der Waals surface area (Å²) in [5, 5.41) is 11.1. The van der Waals surface area contributed by atoms with Gasteiger partial charge in [-0.15, -0.1) is 0 Å². The van der Waals surface area contributed by atoms with Crippen molar-refractivity contribution in [3.05, 3.63) is 28.3 Å². The van der Waals surface area contributed by atoms with Gasteiger partial charge in [0.2, 0.25) is 10.0 Å². The molecule has 0 aliphatic carbocycles. The second-order valence-electron chi connectivity index (χ2n) is 5.45. The highest BCUT2D eigenvalue weighted by atomic mass is 32.2. The van der Waals surface area contributed by atoms with Crippen LogP contribution in [-0.4, -0.2) is 29.7 Å². The van der Waals surface area contributed by atoms with Crippen molar-refractivity contribution >= 4 is 21.4 Å². The summed E-state index contributed by atoms with van der Waals surface area (Å²) in [6, 6.07) is 3.34. The van der Waals surface area contributed by atoms with Crippen LogP contribution in [-0.2, 0) is 10.0 Å². The number of nitro groups is 1. The topological polar surface area (TPSA) is 107 Å². The van der Waals surface area contributed by atoms with E-state index in [2.05, 4.69) is 0 Å². The summed E-state index contributed by atoms with van der Waals surface area (Å²) in [5.74, 6) is 0. The third-order valence-electron chi connectivity index (χ3n) is 3.85. The molecule has 1 saturated heterocycles. The van der Waals surface area contributed by atoms with Crippen LogP contribution in [0.4, 0.5) is 11.4 Å². The number of nitrogens with two attached hydrogens (primary N) is 1. The van der Waals surface area contributed by atoms with Crippen LogP contribution in [0, 0.1) is 10.1 Å². The predicted octanol–water partition coefficient (Wildman–Crippen LogP) is 2.13. The summed E-state index contributed by atoms with van der Waals surface area (Å²) in [7, 11) is -3.92. The van der Waals surface area contributed by atoms with E-state index in [1.165, 1.54) is 16.4 Å². The molecule has 116 valence electrons. The van der Waals surface area contributed by atoms with Gasteiger partial charge in [0.15, 0.2) is 4.90 Å². The fourth-order valence-electron chi connectivity index (χ4n) is 2.88. The van der Waals surface area contributed by atoms with Gasteiger partial charge in [-0.05, 0) is 38.8 Å². The summed E-state index contributed by atoms with van der Waals surface area (Å²) in [6.45, 7) is 3.66. The van der Waals surface area contributed by atoms with Crippen LogP contribution in [0.3, 0.4) is 0 Å². The maximum absolute atomic E-state index is 12.8. The van der Waals surface area contributed by atoms with Crippen molar-refractivity contribution in [1.82, 2.24) is 4.31 Å². The normalized spacial score (nSPS) is 23.9. The van der Waals surface area contributed by atoms with E-state index in [1.54, 1.807) is 0 Å².